The molecule has 3 aromatic carbocycles. The Morgan fingerprint density at radius 3 is 2.43 bits per heavy atom. The van der Waals surface area contributed by atoms with Crippen LogP contribution in [-0.2, 0) is 11.4 Å². The summed E-state index contributed by atoms with van der Waals surface area (Å²) in [5.41, 5.74) is 4.71. The van der Waals surface area contributed by atoms with Crippen molar-refractivity contribution in [1.82, 2.24) is 14.8 Å². The van der Waals surface area contributed by atoms with Crippen molar-refractivity contribution >= 4 is 23.4 Å². The van der Waals surface area contributed by atoms with Gasteiger partial charge in [-0.05, 0) is 61.7 Å². The van der Waals surface area contributed by atoms with Crippen LogP contribution in [0.4, 0.5) is 5.69 Å². The molecule has 0 unspecified atom stereocenters. The lowest BCUT2D eigenvalue weighted by Gasteiger charge is -2.14. The fourth-order valence-electron chi connectivity index (χ4n) is 3.72. The van der Waals surface area contributed by atoms with E-state index in [1.807, 2.05) is 92.1 Å². The molecule has 0 aliphatic rings. The van der Waals surface area contributed by atoms with Crippen LogP contribution >= 0.6 is 11.8 Å². The van der Waals surface area contributed by atoms with Gasteiger partial charge in [0.15, 0.2) is 11.0 Å². The standard InChI is InChI=1S/C27H28N4O3S/c1-18-13-14-23(33-4)22(15-18)28-25(32)17-35-27-30-29-24(31(27)21-11-6-5-7-12-21)16-34-26-19(2)9-8-10-20(26)3/h5-15H,16-17H2,1-4H3,(H,28,32). The largest absolute Gasteiger partial charge is 0.495 e. The number of hydrogen-bond donors (Lipinski definition) is 1. The molecule has 0 aliphatic heterocycles. The maximum atomic E-state index is 12.7. The Hall–Kier alpha value is -3.78. The fourth-order valence-corrected chi connectivity index (χ4v) is 4.49. The van der Waals surface area contributed by atoms with E-state index in [4.69, 9.17) is 9.47 Å². The lowest BCUT2D eigenvalue weighted by molar-refractivity contribution is -0.113. The zero-order valence-corrected chi connectivity index (χ0v) is 21.1. The van der Waals surface area contributed by atoms with Crippen LogP contribution in [0.5, 0.6) is 11.5 Å². The number of carbonyl (C=O) groups excluding carboxylic acids is 1. The van der Waals surface area contributed by atoms with E-state index in [2.05, 4.69) is 15.5 Å². The normalized spacial score (nSPS) is 10.7. The Balaban J connectivity index is 1.52. The van der Waals surface area contributed by atoms with Gasteiger partial charge in [0.25, 0.3) is 0 Å². The molecule has 7 nitrogen and oxygen atoms in total. The molecule has 35 heavy (non-hydrogen) atoms. The number of ether oxygens (including phenoxy) is 2. The van der Waals surface area contributed by atoms with Gasteiger partial charge in [0, 0.05) is 5.69 Å². The first-order valence-corrected chi connectivity index (χ1v) is 12.2. The zero-order valence-electron chi connectivity index (χ0n) is 20.2. The van der Waals surface area contributed by atoms with E-state index < -0.39 is 0 Å². The Morgan fingerprint density at radius 2 is 1.71 bits per heavy atom. The van der Waals surface area contributed by atoms with Crippen molar-refractivity contribution in [1.29, 1.82) is 0 Å². The molecule has 4 aromatic rings. The number of methoxy groups -OCH3 is 1. The number of aryl methyl sites for hydroxylation is 3. The molecule has 0 bridgehead atoms. The van der Waals surface area contributed by atoms with Crippen molar-refractivity contribution in [2.45, 2.75) is 32.5 Å². The second-order valence-electron chi connectivity index (χ2n) is 8.12. The van der Waals surface area contributed by atoms with Crippen LogP contribution in [0.3, 0.4) is 0 Å². The Morgan fingerprint density at radius 1 is 0.971 bits per heavy atom. The van der Waals surface area contributed by atoms with Crippen LogP contribution in [0.15, 0.2) is 71.9 Å². The number of para-hydroxylation sites is 2. The molecule has 1 heterocycles. The molecular weight excluding hydrogens is 460 g/mol. The van der Waals surface area contributed by atoms with Gasteiger partial charge in [-0.2, -0.15) is 0 Å². The van der Waals surface area contributed by atoms with Crippen molar-refractivity contribution < 1.29 is 14.3 Å². The lowest BCUT2D eigenvalue weighted by atomic mass is 10.1. The van der Waals surface area contributed by atoms with Gasteiger partial charge in [-0.3, -0.25) is 9.36 Å². The Kier molecular flexibility index (Phi) is 7.72. The first kappa shape index (κ1) is 24.3. The third kappa shape index (κ3) is 5.84. The van der Waals surface area contributed by atoms with E-state index >= 15 is 0 Å². The van der Waals surface area contributed by atoms with Crippen LogP contribution in [0.1, 0.15) is 22.5 Å². The van der Waals surface area contributed by atoms with Crippen LogP contribution in [0, 0.1) is 20.8 Å². The minimum atomic E-state index is -0.158. The van der Waals surface area contributed by atoms with Gasteiger partial charge in [-0.15, -0.1) is 10.2 Å². The highest BCUT2D eigenvalue weighted by Crippen LogP contribution is 2.28. The number of carbonyl (C=O) groups is 1. The van der Waals surface area contributed by atoms with Crippen molar-refractivity contribution in [2.75, 3.05) is 18.2 Å². The average Bonchev–Trinajstić information content (AvgIpc) is 3.26. The number of amides is 1. The molecular formula is C27H28N4O3S. The summed E-state index contributed by atoms with van der Waals surface area (Å²) < 4.78 is 13.4. The summed E-state index contributed by atoms with van der Waals surface area (Å²) in [6, 6.07) is 21.5. The van der Waals surface area contributed by atoms with Crippen LogP contribution < -0.4 is 14.8 Å². The highest BCUT2D eigenvalue weighted by atomic mass is 32.2. The van der Waals surface area contributed by atoms with Gasteiger partial charge in [-0.25, -0.2) is 0 Å². The number of nitrogens with zero attached hydrogens (tertiary/aromatic N) is 3. The lowest BCUT2D eigenvalue weighted by Crippen LogP contribution is -2.15. The number of anilines is 1. The minimum Gasteiger partial charge on any atom is -0.495 e. The molecule has 0 atom stereocenters. The fraction of sp³-hybridized carbons (Fsp3) is 0.222. The Bertz CT molecular complexity index is 1300. The average molecular weight is 489 g/mol. The van der Waals surface area contributed by atoms with Crippen molar-refractivity contribution in [2.24, 2.45) is 0 Å². The summed E-state index contributed by atoms with van der Waals surface area (Å²) in [5, 5.41) is 12.3. The van der Waals surface area contributed by atoms with E-state index in [1.54, 1.807) is 7.11 Å². The molecule has 1 aromatic heterocycles. The Labute approximate surface area is 209 Å². The van der Waals surface area contributed by atoms with Crippen LogP contribution in [0.2, 0.25) is 0 Å². The predicted molar refractivity (Wildman–Crippen MR) is 139 cm³/mol. The molecule has 0 fully saturated rings. The first-order chi connectivity index (χ1) is 17.0. The number of aromatic nitrogens is 3. The highest BCUT2D eigenvalue weighted by molar-refractivity contribution is 7.99. The van der Waals surface area contributed by atoms with Gasteiger partial charge in [0.2, 0.25) is 5.91 Å². The summed E-state index contributed by atoms with van der Waals surface area (Å²) in [7, 11) is 1.58. The van der Waals surface area contributed by atoms with Crippen LogP contribution in [0.25, 0.3) is 5.69 Å². The second kappa shape index (κ2) is 11.1. The van der Waals surface area contributed by atoms with Crippen molar-refractivity contribution in [3.8, 4) is 17.2 Å². The molecule has 0 radical (unpaired) electrons. The molecule has 0 saturated carbocycles. The van der Waals surface area contributed by atoms with E-state index in [-0.39, 0.29) is 18.3 Å². The first-order valence-electron chi connectivity index (χ1n) is 11.2. The van der Waals surface area contributed by atoms with E-state index in [0.717, 1.165) is 28.1 Å². The van der Waals surface area contributed by atoms with Gasteiger partial charge in [0.1, 0.15) is 18.1 Å². The molecule has 0 aliphatic carbocycles. The predicted octanol–water partition coefficient (Wildman–Crippen LogP) is 5.51. The molecule has 180 valence electrons. The second-order valence-corrected chi connectivity index (χ2v) is 9.06. The maximum absolute atomic E-state index is 12.7. The summed E-state index contributed by atoms with van der Waals surface area (Å²) in [6.45, 7) is 6.26. The third-order valence-electron chi connectivity index (χ3n) is 5.43. The SMILES string of the molecule is COc1ccc(C)cc1NC(=O)CSc1nnc(COc2c(C)cccc2C)n1-c1ccccc1. The summed E-state index contributed by atoms with van der Waals surface area (Å²) >= 11 is 1.32. The zero-order chi connectivity index (χ0) is 24.8. The van der Waals surface area contributed by atoms with Crippen LogP contribution in [-0.4, -0.2) is 33.5 Å². The van der Waals surface area contributed by atoms with Crippen molar-refractivity contribution in [3.63, 3.8) is 0 Å². The number of rotatable bonds is 9. The van der Waals surface area contributed by atoms with Gasteiger partial charge in [0.05, 0.1) is 18.6 Å². The topological polar surface area (TPSA) is 78.3 Å². The van der Waals surface area contributed by atoms with Gasteiger partial charge < -0.3 is 14.8 Å². The number of benzene rings is 3. The molecule has 1 amide bonds. The number of thioether (sulfide) groups is 1. The molecule has 0 spiro atoms. The third-order valence-corrected chi connectivity index (χ3v) is 6.36. The van der Waals surface area contributed by atoms with Gasteiger partial charge in [-0.1, -0.05) is 54.2 Å². The summed E-state index contributed by atoms with van der Waals surface area (Å²) in [5.74, 6) is 2.12. The number of hydrogen-bond acceptors (Lipinski definition) is 6. The van der Waals surface area contributed by atoms with E-state index in [1.165, 1.54) is 11.8 Å². The smallest absolute Gasteiger partial charge is 0.234 e. The minimum absolute atomic E-state index is 0.158. The summed E-state index contributed by atoms with van der Waals surface area (Å²) in [6.07, 6.45) is 0. The molecule has 8 heteroatoms. The summed E-state index contributed by atoms with van der Waals surface area (Å²) in [4.78, 5) is 12.7. The monoisotopic (exact) mass is 488 g/mol. The number of nitrogens with one attached hydrogen (secondary N) is 1. The molecule has 1 N–H and O–H groups in total. The molecule has 0 saturated heterocycles. The van der Waals surface area contributed by atoms with E-state index in [9.17, 15) is 4.79 Å². The molecule has 4 rings (SSSR count). The highest BCUT2D eigenvalue weighted by Gasteiger charge is 2.18. The quantitative estimate of drug-likeness (QED) is 0.313. The van der Waals surface area contributed by atoms with E-state index in [0.29, 0.717) is 22.4 Å². The van der Waals surface area contributed by atoms with Gasteiger partial charge >= 0.3 is 0 Å². The van der Waals surface area contributed by atoms with Crippen molar-refractivity contribution in [3.05, 3.63) is 89.2 Å². The maximum Gasteiger partial charge on any atom is 0.234 e.